The van der Waals surface area contributed by atoms with Gasteiger partial charge in [-0.15, -0.1) is 0 Å². The first-order valence-corrected chi connectivity index (χ1v) is 10.3. The van der Waals surface area contributed by atoms with E-state index in [9.17, 15) is 4.79 Å². The van der Waals surface area contributed by atoms with Gasteiger partial charge in [0.1, 0.15) is 0 Å². The zero-order valence-corrected chi connectivity index (χ0v) is 17.6. The Balaban J connectivity index is 1.54. The third kappa shape index (κ3) is 3.82. The molecule has 0 bridgehead atoms. The van der Waals surface area contributed by atoms with Gasteiger partial charge in [0.05, 0.1) is 10.2 Å². The van der Waals surface area contributed by atoms with Crippen LogP contribution in [0.5, 0.6) is 0 Å². The molecule has 27 heavy (non-hydrogen) atoms. The minimum atomic E-state index is -0.277. The number of anilines is 1. The highest BCUT2D eigenvalue weighted by Gasteiger charge is 2.13. The number of thiazole rings is 1. The molecule has 0 aliphatic carbocycles. The molecule has 4 rings (SSSR count). The second-order valence-corrected chi connectivity index (χ2v) is 8.41. The smallest absolute Gasteiger partial charge is 0.258 e. The van der Waals surface area contributed by atoms with Gasteiger partial charge in [0, 0.05) is 15.1 Å². The predicted octanol–water partition coefficient (Wildman–Crippen LogP) is 5.99. The minimum Gasteiger partial charge on any atom is -0.308 e. The van der Waals surface area contributed by atoms with Crippen molar-refractivity contribution in [1.82, 2.24) is 10.3 Å². The van der Waals surface area contributed by atoms with E-state index < -0.39 is 0 Å². The molecule has 134 valence electrons. The summed E-state index contributed by atoms with van der Waals surface area (Å²) in [6.45, 7) is 0. The molecule has 0 saturated heterocycles. The molecule has 4 aromatic rings. The Labute approximate surface area is 177 Å². The monoisotopic (exact) mass is 475 g/mol. The molecule has 0 aliphatic rings. The molecule has 0 aliphatic heterocycles. The number of aromatic nitrogens is 1. The van der Waals surface area contributed by atoms with Crippen molar-refractivity contribution in [2.24, 2.45) is 0 Å². The van der Waals surface area contributed by atoms with Gasteiger partial charge in [-0.25, -0.2) is 4.98 Å². The van der Waals surface area contributed by atoms with Crippen LogP contribution in [0.3, 0.4) is 0 Å². The first kappa shape index (κ1) is 18.3. The normalized spacial score (nSPS) is 10.9. The first-order chi connectivity index (χ1) is 13.0. The number of halogens is 2. The minimum absolute atomic E-state index is 0.192. The standard InChI is InChI=1S/C19H11BrClN3OS2/c20-14-6-2-3-11-12(14)4-1-5-13(11)17(25)23-18(26)24-19-22-15-8-7-10(21)9-16(15)27-19/h1-9H,(H2,22,23,24,25,26). The van der Waals surface area contributed by atoms with E-state index in [1.807, 2.05) is 42.5 Å². The van der Waals surface area contributed by atoms with Crippen LogP contribution in [0.15, 0.2) is 59.1 Å². The van der Waals surface area contributed by atoms with E-state index in [4.69, 9.17) is 23.8 Å². The fourth-order valence-electron chi connectivity index (χ4n) is 2.72. The molecule has 8 heteroatoms. The van der Waals surface area contributed by atoms with Gasteiger partial charge in [0.25, 0.3) is 5.91 Å². The Bertz CT molecular complexity index is 1210. The van der Waals surface area contributed by atoms with Gasteiger partial charge >= 0.3 is 0 Å². The molecule has 0 spiro atoms. The number of hydrogen-bond donors (Lipinski definition) is 2. The van der Waals surface area contributed by atoms with Crippen molar-refractivity contribution in [3.8, 4) is 0 Å². The molecule has 4 nitrogen and oxygen atoms in total. The van der Waals surface area contributed by atoms with E-state index in [1.165, 1.54) is 11.3 Å². The molecule has 2 N–H and O–H groups in total. The Morgan fingerprint density at radius 2 is 1.89 bits per heavy atom. The van der Waals surface area contributed by atoms with Gasteiger partial charge < -0.3 is 5.32 Å². The summed E-state index contributed by atoms with van der Waals surface area (Å²) in [5.74, 6) is -0.277. The summed E-state index contributed by atoms with van der Waals surface area (Å²) in [7, 11) is 0. The van der Waals surface area contributed by atoms with Crippen LogP contribution in [-0.4, -0.2) is 16.0 Å². The molecular formula is C19H11BrClN3OS2. The second kappa shape index (κ2) is 7.52. The third-order valence-electron chi connectivity index (χ3n) is 3.91. The molecule has 1 aromatic heterocycles. The lowest BCUT2D eigenvalue weighted by Crippen LogP contribution is -2.34. The number of thiocarbonyl (C=S) groups is 1. The number of carbonyl (C=O) groups excluding carboxylic acids is 1. The van der Waals surface area contributed by atoms with Crippen molar-refractivity contribution in [2.75, 3.05) is 5.32 Å². The summed E-state index contributed by atoms with van der Waals surface area (Å²) in [6.07, 6.45) is 0. The molecule has 1 heterocycles. The summed E-state index contributed by atoms with van der Waals surface area (Å²) in [5.41, 5.74) is 1.37. The average Bonchev–Trinajstić information content (AvgIpc) is 3.02. The SMILES string of the molecule is O=C(NC(=S)Nc1nc2ccc(Cl)cc2s1)c1cccc2c(Br)cccc12. The number of carbonyl (C=O) groups is 1. The van der Waals surface area contributed by atoms with Crippen molar-refractivity contribution in [1.29, 1.82) is 0 Å². The molecule has 0 saturated carbocycles. The maximum absolute atomic E-state index is 12.7. The van der Waals surface area contributed by atoms with Crippen molar-refractivity contribution >= 4 is 88.2 Å². The summed E-state index contributed by atoms with van der Waals surface area (Å²) >= 11 is 16.2. The number of rotatable bonds is 2. The molecule has 0 unspecified atom stereocenters. The predicted molar refractivity (Wildman–Crippen MR) is 120 cm³/mol. The summed E-state index contributed by atoms with van der Waals surface area (Å²) < 4.78 is 1.88. The quantitative estimate of drug-likeness (QED) is 0.349. The van der Waals surface area contributed by atoms with Crippen molar-refractivity contribution in [3.63, 3.8) is 0 Å². The summed E-state index contributed by atoms with van der Waals surface area (Å²) in [5, 5.41) is 8.93. The Kier molecular flexibility index (Phi) is 5.10. The van der Waals surface area contributed by atoms with Gasteiger partial charge in [-0.2, -0.15) is 0 Å². The number of fused-ring (bicyclic) bond motifs is 2. The molecule has 3 aromatic carbocycles. The van der Waals surface area contributed by atoms with Crippen molar-refractivity contribution in [3.05, 3.63) is 69.7 Å². The number of nitrogens with zero attached hydrogens (tertiary/aromatic N) is 1. The van der Waals surface area contributed by atoms with Gasteiger partial charge in [-0.1, -0.05) is 63.1 Å². The Morgan fingerprint density at radius 3 is 2.74 bits per heavy atom. The van der Waals surface area contributed by atoms with E-state index in [0.29, 0.717) is 15.7 Å². The topological polar surface area (TPSA) is 54.0 Å². The Morgan fingerprint density at radius 1 is 1.11 bits per heavy atom. The van der Waals surface area contributed by atoms with E-state index in [0.717, 1.165) is 25.5 Å². The fourth-order valence-corrected chi connectivity index (χ4v) is 4.62. The van der Waals surface area contributed by atoms with Crippen molar-refractivity contribution < 1.29 is 4.79 Å². The zero-order chi connectivity index (χ0) is 19.0. The zero-order valence-electron chi connectivity index (χ0n) is 13.6. The highest BCUT2D eigenvalue weighted by atomic mass is 79.9. The molecule has 0 radical (unpaired) electrons. The largest absolute Gasteiger partial charge is 0.308 e. The first-order valence-electron chi connectivity index (χ1n) is 7.87. The van der Waals surface area contributed by atoms with Crippen molar-refractivity contribution in [2.45, 2.75) is 0 Å². The summed E-state index contributed by atoms with van der Waals surface area (Å²) in [4.78, 5) is 17.1. The van der Waals surface area contributed by atoms with Crippen LogP contribution >= 0.6 is 51.1 Å². The maximum atomic E-state index is 12.7. The van der Waals surface area contributed by atoms with E-state index in [1.54, 1.807) is 12.1 Å². The second-order valence-electron chi connectivity index (χ2n) is 5.68. The third-order valence-corrected chi connectivity index (χ3v) is 5.98. The van der Waals surface area contributed by atoms with E-state index in [2.05, 4.69) is 31.5 Å². The maximum Gasteiger partial charge on any atom is 0.258 e. The van der Waals surface area contributed by atoms with Gasteiger partial charge in [-0.05, 0) is 53.3 Å². The van der Waals surface area contributed by atoms with Gasteiger partial charge in [-0.3, -0.25) is 10.1 Å². The lowest BCUT2D eigenvalue weighted by molar-refractivity contribution is 0.0979. The number of benzene rings is 3. The van der Waals surface area contributed by atoms with Crippen LogP contribution in [0.2, 0.25) is 5.02 Å². The molecule has 0 fully saturated rings. The highest BCUT2D eigenvalue weighted by Crippen LogP contribution is 2.28. The van der Waals surface area contributed by atoms with E-state index >= 15 is 0 Å². The number of hydrogen-bond acceptors (Lipinski definition) is 4. The average molecular weight is 477 g/mol. The van der Waals surface area contributed by atoms with Crippen LogP contribution in [0, 0.1) is 0 Å². The molecule has 0 atom stereocenters. The molecular weight excluding hydrogens is 466 g/mol. The van der Waals surface area contributed by atoms with Crippen LogP contribution in [0.25, 0.3) is 21.0 Å². The van der Waals surface area contributed by atoms with Gasteiger partial charge in [0.2, 0.25) is 0 Å². The summed E-state index contributed by atoms with van der Waals surface area (Å²) in [6, 6.07) is 16.8. The fraction of sp³-hybridized carbons (Fsp3) is 0. The van der Waals surface area contributed by atoms with Crippen LogP contribution in [0.1, 0.15) is 10.4 Å². The lowest BCUT2D eigenvalue weighted by Gasteiger charge is -2.10. The van der Waals surface area contributed by atoms with Gasteiger partial charge in [0.15, 0.2) is 10.2 Å². The van der Waals surface area contributed by atoms with E-state index in [-0.39, 0.29) is 11.0 Å². The van der Waals surface area contributed by atoms with Crippen LogP contribution in [-0.2, 0) is 0 Å². The van der Waals surface area contributed by atoms with Crippen LogP contribution in [0.4, 0.5) is 5.13 Å². The Hall–Kier alpha value is -2.06. The number of amides is 1. The highest BCUT2D eigenvalue weighted by molar-refractivity contribution is 9.10. The number of nitrogens with one attached hydrogen (secondary N) is 2. The lowest BCUT2D eigenvalue weighted by atomic mass is 10.0. The van der Waals surface area contributed by atoms with Crippen LogP contribution < -0.4 is 10.6 Å². The molecule has 1 amide bonds.